The van der Waals surface area contributed by atoms with Crippen molar-refractivity contribution in [3.63, 3.8) is 0 Å². The first-order valence-corrected chi connectivity index (χ1v) is 7.36. The van der Waals surface area contributed by atoms with Gasteiger partial charge in [0.15, 0.2) is 0 Å². The first kappa shape index (κ1) is 14.8. The molecule has 2 rings (SSSR count). The average Bonchev–Trinajstić information content (AvgIpc) is 2.32. The van der Waals surface area contributed by atoms with E-state index in [4.69, 9.17) is 0 Å². The van der Waals surface area contributed by atoms with Gasteiger partial charge in [-0.25, -0.2) is 0 Å². The molecule has 0 bridgehead atoms. The number of halogens is 1. The van der Waals surface area contributed by atoms with E-state index in [9.17, 15) is 4.79 Å². The van der Waals surface area contributed by atoms with Crippen LogP contribution in [-0.2, 0) is 11.2 Å². The molecule has 1 N–H and O–H groups in total. The summed E-state index contributed by atoms with van der Waals surface area (Å²) in [6, 6.07) is 12.1. The first-order valence-electron chi connectivity index (χ1n) is 6.57. The Hall–Kier alpha value is -1.61. The van der Waals surface area contributed by atoms with Crippen LogP contribution in [0.4, 0.5) is 5.69 Å². The fourth-order valence-corrected chi connectivity index (χ4v) is 2.79. The van der Waals surface area contributed by atoms with Crippen LogP contribution in [-0.4, -0.2) is 5.91 Å². The number of carbonyl (C=O) groups excluding carboxylic acids is 1. The predicted molar refractivity (Wildman–Crippen MR) is 87.1 cm³/mol. The molecule has 0 saturated carbocycles. The lowest BCUT2D eigenvalue weighted by Gasteiger charge is -2.09. The lowest BCUT2D eigenvalue weighted by Crippen LogP contribution is -2.15. The van der Waals surface area contributed by atoms with Crippen LogP contribution in [0.25, 0.3) is 0 Å². The molecule has 2 nitrogen and oxygen atoms in total. The zero-order chi connectivity index (χ0) is 14.7. The molecule has 2 aromatic rings. The molecule has 0 heterocycles. The van der Waals surface area contributed by atoms with Crippen molar-refractivity contribution in [1.29, 1.82) is 0 Å². The molecule has 0 aromatic heterocycles. The van der Waals surface area contributed by atoms with Gasteiger partial charge in [0.25, 0.3) is 0 Å². The zero-order valence-electron chi connectivity index (χ0n) is 12.0. The van der Waals surface area contributed by atoms with Crippen molar-refractivity contribution in [1.82, 2.24) is 0 Å². The second-order valence-corrected chi connectivity index (χ2v) is 6.09. The largest absolute Gasteiger partial charge is 0.326 e. The highest BCUT2D eigenvalue weighted by Gasteiger charge is 2.07. The van der Waals surface area contributed by atoms with Gasteiger partial charge < -0.3 is 5.32 Å². The van der Waals surface area contributed by atoms with Crippen molar-refractivity contribution in [3.8, 4) is 0 Å². The highest BCUT2D eigenvalue weighted by atomic mass is 79.9. The van der Waals surface area contributed by atoms with Crippen LogP contribution in [0, 0.1) is 20.8 Å². The van der Waals surface area contributed by atoms with Gasteiger partial charge in [0, 0.05) is 10.2 Å². The van der Waals surface area contributed by atoms with Crippen molar-refractivity contribution in [2.75, 3.05) is 5.32 Å². The Balaban J connectivity index is 2.11. The molecule has 2 aromatic carbocycles. The summed E-state index contributed by atoms with van der Waals surface area (Å²) < 4.78 is 0.972. The SMILES string of the molecule is Cc1cc(Br)cc(NC(=O)Cc2cc(C)ccc2C)c1. The van der Waals surface area contributed by atoms with E-state index in [1.54, 1.807) is 0 Å². The van der Waals surface area contributed by atoms with Gasteiger partial charge in [0.05, 0.1) is 6.42 Å². The van der Waals surface area contributed by atoms with Crippen molar-refractivity contribution in [3.05, 3.63) is 63.1 Å². The van der Waals surface area contributed by atoms with E-state index in [2.05, 4.69) is 39.4 Å². The highest BCUT2D eigenvalue weighted by Crippen LogP contribution is 2.19. The summed E-state index contributed by atoms with van der Waals surface area (Å²) in [7, 11) is 0. The number of hydrogen-bond acceptors (Lipinski definition) is 1. The number of rotatable bonds is 3. The molecule has 3 heteroatoms. The Morgan fingerprint density at radius 1 is 1.05 bits per heavy atom. The first-order chi connectivity index (χ1) is 9.44. The maximum atomic E-state index is 12.1. The van der Waals surface area contributed by atoms with E-state index >= 15 is 0 Å². The summed E-state index contributed by atoms with van der Waals surface area (Å²) in [5, 5.41) is 2.95. The summed E-state index contributed by atoms with van der Waals surface area (Å²) >= 11 is 3.44. The topological polar surface area (TPSA) is 29.1 Å². The number of amides is 1. The van der Waals surface area contributed by atoms with Crippen LogP contribution in [0.1, 0.15) is 22.3 Å². The van der Waals surface area contributed by atoms with Gasteiger partial charge in [0.1, 0.15) is 0 Å². The van der Waals surface area contributed by atoms with Crippen LogP contribution in [0.2, 0.25) is 0 Å². The second-order valence-electron chi connectivity index (χ2n) is 5.17. The van der Waals surface area contributed by atoms with E-state index in [0.29, 0.717) is 6.42 Å². The minimum absolute atomic E-state index is 0.0104. The van der Waals surface area contributed by atoms with E-state index in [-0.39, 0.29) is 5.91 Å². The molecular formula is C17H18BrNO. The molecule has 0 aliphatic carbocycles. The molecule has 0 fully saturated rings. The standard InChI is InChI=1S/C17H18BrNO/c1-11-4-5-13(3)14(6-11)9-17(20)19-16-8-12(2)7-15(18)10-16/h4-8,10H,9H2,1-3H3,(H,19,20). The smallest absolute Gasteiger partial charge is 0.228 e. The fourth-order valence-electron chi connectivity index (χ4n) is 2.18. The molecule has 0 atom stereocenters. The molecule has 1 amide bonds. The Morgan fingerprint density at radius 2 is 1.80 bits per heavy atom. The van der Waals surface area contributed by atoms with Crippen LogP contribution in [0.5, 0.6) is 0 Å². The van der Waals surface area contributed by atoms with E-state index in [0.717, 1.165) is 26.9 Å². The van der Waals surface area contributed by atoms with Crippen LogP contribution >= 0.6 is 15.9 Å². The molecular weight excluding hydrogens is 314 g/mol. The zero-order valence-corrected chi connectivity index (χ0v) is 13.5. The lowest BCUT2D eigenvalue weighted by atomic mass is 10.0. The summed E-state index contributed by atoms with van der Waals surface area (Å²) in [5.74, 6) is 0.0104. The summed E-state index contributed by atoms with van der Waals surface area (Å²) in [6.45, 7) is 6.08. The van der Waals surface area contributed by atoms with Gasteiger partial charge >= 0.3 is 0 Å². The van der Waals surface area contributed by atoms with Crippen molar-refractivity contribution in [2.24, 2.45) is 0 Å². The molecule has 104 valence electrons. The normalized spacial score (nSPS) is 10.4. The summed E-state index contributed by atoms with van der Waals surface area (Å²) in [6.07, 6.45) is 0.402. The molecule has 0 aliphatic rings. The van der Waals surface area contributed by atoms with Crippen molar-refractivity contribution < 1.29 is 4.79 Å². The monoisotopic (exact) mass is 331 g/mol. The van der Waals surface area contributed by atoms with Crippen LogP contribution in [0.3, 0.4) is 0 Å². The van der Waals surface area contributed by atoms with Crippen molar-refractivity contribution >= 4 is 27.5 Å². The lowest BCUT2D eigenvalue weighted by molar-refractivity contribution is -0.115. The third-order valence-corrected chi connectivity index (χ3v) is 3.64. The maximum absolute atomic E-state index is 12.1. The minimum Gasteiger partial charge on any atom is -0.326 e. The number of nitrogens with one attached hydrogen (secondary N) is 1. The third-order valence-electron chi connectivity index (χ3n) is 3.18. The number of aryl methyl sites for hydroxylation is 3. The van der Waals surface area contributed by atoms with Crippen LogP contribution < -0.4 is 5.32 Å². The van der Waals surface area contributed by atoms with E-state index < -0.39 is 0 Å². The second kappa shape index (κ2) is 6.23. The predicted octanol–water partition coefficient (Wildman–Crippen LogP) is 4.56. The van der Waals surface area contributed by atoms with Gasteiger partial charge in [-0.05, 0) is 55.7 Å². The Bertz CT molecular complexity index is 629. The molecule has 20 heavy (non-hydrogen) atoms. The number of hydrogen-bond donors (Lipinski definition) is 1. The Kier molecular flexibility index (Phi) is 4.61. The number of benzene rings is 2. The quantitative estimate of drug-likeness (QED) is 0.877. The highest BCUT2D eigenvalue weighted by molar-refractivity contribution is 9.10. The number of carbonyl (C=O) groups is 1. The average molecular weight is 332 g/mol. The fraction of sp³-hybridized carbons (Fsp3) is 0.235. The third kappa shape index (κ3) is 3.94. The van der Waals surface area contributed by atoms with Gasteiger partial charge in [0.2, 0.25) is 5.91 Å². The molecule has 0 spiro atoms. The molecule has 0 radical (unpaired) electrons. The van der Waals surface area contributed by atoms with Gasteiger partial charge in [-0.1, -0.05) is 39.7 Å². The number of anilines is 1. The van der Waals surface area contributed by atoms with Gasteiger partial charge in [-0.15, -0.1) is 0 Å². The summed E-state index contributed by atoms with van der Waals surface area (Å²) in [4.78, 5) is 12.1. The Morgan fingerprint density at radius 3 is 2.50 bits per heavy atom. The van der Waals surface area contributed by atoms with Crippen molar-refractivity contribution in [2.45, 2.75) is 27.2 Å². The maximum Gasteiger partial charge on any atom is 0.228 e. The molecule has 0 aliphatic heterocycles. The molecule has 0 saturated heterocycles. The molecule has 0 unspecified atom stereocenters. The Labute approximate surface area is 128 Å². The van der Waals surface area contributed by atoms with E-state index in [1.807, 2.05) is 39.0 Å². The summed E-state index contributed by atoms with van der Waals surface area (Å²) in [5.41, 5.74) is 5.34. The van der Waals surface area contributed by atoms with Gasteiger partial charge in [-0.3, -0.25) is 4.79 Å². The van der Waals surface area contributed by atoms with E-state index in [1.165, 1.54) is 5.56 Å². The minimum atomic E-state index is 0.0104. The van der Waals surface area contributed by atoms with Crippen LogP contribution in [0.15, 0.2) is 40.9 Å². The van der Waals surface area contributed by atoms with Gasteiger partial charge in [-0.2, -0.15) is 0 Å².